The molecule has 4 amide bonds. The highest BCUT2D eigenvalue weighted by Crippen LogP contribution is 2.24. The number of ether oxygens (including phenoxy) is 2. The van der Waals surface area contributed by atoms with E-state index in [4.69, 9.17) is 20.9 Å². The molecule has 0 saturated carbocycles. The molecule has 1 aromatic rings. The Kier molecular flexibility index (Phi) is 14.2. The highest BCUT2D eigenvalue weighted by molar-refractivity contribution is 5.98. The van der Waals surface area contributed by atoms with Gasteiger partial charge in [-0.1, -0.05) is 13.8 Å². The zero-order chi connectivity index (χ0) is 32.3. The maximum absolute atomic E-state index is 13.1. The van der Waals surface area contributed by atoms with Crippen molar-refractivity contribution in [2.75, 3.05) is 13.2 Å². The molecule has 0 bridgehead atoms. The first kappa shape index (κ1) is 35.9. The summed E-state index contributed by atoms with van der Waals surface area (Å²) in [6.45, 7) is 4.99. The lowest BCUT2D eigenvalue weighted by molar-refractivity contribution is -0.277. The SMILES string of the molecule is CC(C)C[C@H](NC(=O)[C@H](C)NC(=O)[C@H](CCCCN)NC(=O)c1ccc(O[C@@H]2O[C@H](CO)[C@H](O)[C@H](O)[C@H]2O)cc1)C(N)=O. The molecule has 1 heterocycles. The second kappa shape index (κ2) is 17.1. The fraction of sp³-hybridized carbons (Fsp3) is 0.643. The van der Waals surface area contributed by atoms with Crippen LogP contribution in [0.1, 0.15) is 56.8 Å². The minimum atomic E-state index is -1.61. The number of benzene rings is 1. The van der Waals surface area contributed by atoms with Gasteiger partial charge in [0, 0.05) is 5.56 Å². The predicted molar refractivity (Wildman–Crippen MR) is 153 cm³/mol. The summed E-state index contributed by atoms with van der Waals surface area (Å²) in [6, 6.07) is 2.70. The van der Waals surface area contributed by atoms with Crippen molar-refractivity contribution in [3.8, 4) is 5.75 Å². The first-order valence-corrected chi connectivity index (χ1v) is 14.3. The number of primary amides is 1. The molecule has 1 aliphatic heterocycles. The number of aliphatic hydroxyl groups excluding tert-OH is 4. The van der Waals surface area contributed by atoms with Gasteiger partial charge in [0.1, 0.15) is 48.3 Å². The van der Waals surface area contributed by atoms with E-state index in [2.05, 4.69) is 16.0 Å². The summed E-state index contributed by atoms with van der Waals surface area (Å²) in [7, 11) is 0. The van der Waals surface area contributed by atoms with Crippen LogP contribution in [0.2, 0.25) is 0 Å². The Hall–Kier alpha value is -3.34. The third-order valence-corrected chi connectivity index (χ3v) is 6.91. The van der Waals surface area contributed by atoms with Crippen LogP contribution < -0.4 is 32.2 Å². The van der Waals surface area contributed by atoms with Gasteiger partial charge >= 0.3 is 0 Å². The van der Waals surface area contributed by atoms with Crippen molar-refractivity contribution in [1.29, 1.82) is 0 Å². The standard InChI is InChI=1S/C28H45N5O10/c1-14(2)12-19(24(30)38)33-25(39)15(3)31-27(41)18(6-4-5-11-29)32-26(40)16-7-9-17(10-8-16)42-28-23(37)22(36)21(35)20(13-34)43-28/h7-10,14-15,18-23,28,34-37H,4-6,11-13,29H2,1-3H3,(H2,30,38)(H,31,41)(H,32,40)(H,33,39)/t15-,18-,19-,20+,21-,22-,23+,28+/m0/s1. The number of hydrogen-bond acceptors (Lipinski definition) is 11. The van der Waals surface area contributed by atoms with Crippen molar-refractivity contribution in [3.05, 3.63) is 29.8 Å². The van der Waals surface area contributed by atoms with E-state index in [-0.39, 0.29) is 23.7 Å². The fourth-order valence-corrected chi connectivity index (χ4v) is 4.38. The Morgan fingerprint density at radius 2 is 1.56 bits per heavy atom. The van der Waals surface area contributed by atoms with Gasteiger partial charge in [0.25, 0.3) is 5.91 Å². The lowest BCUT2D eigenvalue weighted by Gasteiger charge is -2.39. The smallest absolute Gasteiger partial charge is 0.251 e. The van der Waals surface area contributed by atoms with Crippen LogP contribution in [-0.2, 0) is 19.1 Å². The average Bonchev–Trinajstić information content (AvgIpc) is 2.96. The van der Waals surface area contributed by atoms with Crippen LogP contribution in [0.15, 0.2) is 24.3 Å². The third-order valence-electron chi connectivity index (χ3n) is 6.91. The van der Waals surface area contributed by atoms with Crippen molar-refractivity contribution in [2.45, 2.75) is 95.3 Å². The normalized spacial score (nSPS) is 24.0. The van der Waals surface area contributed by atoms with Crippen LogP contribution in [0.25, 0.3) is 0 Å². The monoisotopic (exact) mass is 611 g/mol. The van der Waals surface area contributed by atoms with Crippen LogP contribution in [0.5, 0.6) is 5.75 Å². The molecular weight excluding hydrogens is 566 g/mol. The average molecular weight is 612 g/mol. The number of nitrogens with two attached hydrogens (primary N) is 2. The Labute approximate surface area is 250 Å². The number of aliphatic hydroxyl groups is 4. The van der Waals surface area contributed by atoms with E-state index in [1.165, 1.54) is 31.2 Å². The number of unbranched alkanes of at least 4 members (excludes halogenated alkanes) is 1. The van der Waals surface area contributed by atoms with Crippen LogP contribution >= 0.6 is 0 Å². The zero-order valence-electron chi connectivity index (χ0n) is 24.6. The van der Waals surface area contributed by atoms with Crippen LogP contribution in [0, 0.1) is 5.92 Å². The highest BCUT2D eigenvalue weighted by atomic mass is 16.7. The van der Waals surface area contributed by atoms with Crippen molar-refractivity contribution in [2.24, 2.45) is 17.4 Å². The van der Waals surface area contributed by atoms with Gasteiger partial charge in [-0.3, -0.25) is 19.2 Å². The van der Waals surface area contributed by atoms with Crippen molar-refractivity contribution >= 4 is 23.6 Å². The molecule has 1 aliphatic rings. The molecule has 0 aromatic heterocycles. The molecule has 0 aliphatic carbocycles. The van der Waals surface area contributed by atoms with E-state index in [9.17, 15) is 39.6 Å². The predicted octanol–water partition coefficient (Wildman–Crippen LogP) is -2.39. The van der Waals surface area contributed by atoms with E-state index >= 15 is 0 Å². The molecule has 1 fully saturated rings. The summed E-state index contributed by atoms with van der Waals surface area (Å²) < 4.78 is 10.9. The highest BCUT2D eigenvalue weighted by Gasteiger charge is 2.44. The minimum absolute atomic E-state index is 0.0955. The maximum atomic E-state index is 13.1. The summed E-state index contributed by atoms with van der Waals surface area (Å²) >= 11 is 0. The number of carbonyl (C=O) groups excluding carboxylic acids is 4. The summed E-state index contributed by atoms with van der Waals surface area (Å²) in [5.41, 5.74) is 11.1. The molecular formula is C28H45N5O10. The number of amides is 4. The molecule has 15 heteroatoms. The molecule has 242 valence electrons. The second-order valence-corrected chi connectivity index (χ2v) is 11.0. The number of hydrogen-bond donors (Lipinski definition) is 9. The molecule has 15 nitrogen and oxygen atoms in total. The summed E-state index contributed by atoms with van der Waals surface area (Å²) in [4.78, 5) is 50.5. The fourth-order valence-electron chi connectivity index (χ4n) is 4.38. The summed E-state index contributed by atoms with van der Waals surface area (Å²) in [6.07, 6.45) is -5.56. The van der Waals surface area contributed by atoms with Gasteiger partial charge in [0.05, 0.1) is 6.61 Å². The van der Waals surface area contributed by atoms with Crippen molar-refractivity contribution in [3.63, 3.8) is 0 Å². The number of rotatable bonds is 16. The number of carbonyl (C=O) groups is 4. The molecule has 0 unspecified atom stereocenters. The van der Waals surface area contributed by atoms with E-state index in [1.807, 2.05) is 13.8 Å². The van der Waals surface area contributed by atoms with E-state index in [1.54, 1.807) is 0 Å². The summed E-state index contributed by atoms with van der Waals surface area (Å²) in [5, 5.41) is 47.1. The Balaban J connectivity index is 2.05. The van der Waals surface area contributed by atoms with Crippen LogP contribution in [-0.4, -0.2) is 106 Å². The van der Waals surface area contributed by atoms with Crippen LogP contribution in [0.4, 0.5) is 0 Å². The van der Waals surface area contributed by atoms with Gasteiger partial charge in [-0.15, -0.1) is 0 Å². The zero-order valence-corrected chi connectivity index (χ0v) is 24.6. The van der Waals surface area contributed by atoms with Gasteiger partial charge in [-0.25, -0.2) is 0 Å². The maximum Gasteiger partial charge on any atom is 0.251 e. The van der Waals surface area contributed by atoms with E-state index in [0.717, 1.165) is 0 Å². The van der Waals surface area contributed by atoms with E-state index in [0.29, 0.717) is 25.8 Å². The number of nitrogens with one attached hydrogen (secondary N) is 3. The lowest BCUT2D eigenvalue weighted by atomic mass is 9.99. The van der Waals surface area contributed by atoms with Gasteiger partial charge in [-0.2, -0.15) is 0 Å². The first-order chi connectivity index (χ1) is 20.3. The minimum Gasteiger partial charge on any atom is -0.462 e. The molecule has 43 heavy (non-hydrogen) atoms. The molecule has 11 N–H and O–H groups in total. The third kappa shape index (κ3) is 10.7. The molecule has 1 aromatic carbocycles. The van der Waals surface area contributed by atoms with Gasteiger partial charge in [0.15, 0.2) is 0 Å². The van der Waals surface area contributed by atoms with Crippen molar-refractivity contribution in [1.82, 2.24) is 16.0 Å². The van der Waals surface area contributed by atoms with E-state index < -0.39 is 79.1 Å². The molecule has 1 saturated heterocycles. The van der Waals surface area contributed by atoms with Gasteiger partial charge in [-0.05, 0) is 69.3 Å². The van der Waals surface area contributed by atoms with Crippen molar-refractivity contribution < 1.29 is 49.1 Å². The molecule has 8 atom stereocenters. The van der Waals surface area contributed by atoms with Gasteiger partial charge < -0.3 is 57.3 Å². The summed E-state index contributed by atoms with van der Waals surface area (Å²) in [5.74, 6) is -2.22. The first-order valence-electron chi connectivity index (χ1n) is 14.3. The Morgan fingerprint density at radius 3 is 2.12 bits per heavy atom. The lowest BCUT2D eigenvalue weighted by Crippen LogP contribution is -2.60. The Morgan fingerprint density at radius 1 is 0.907 bits per heavy atom. The molecule has 0 radical (unpaired) electrons. The largest absolute Gasteiger partial charge is 0.462 e. The quantitative estimate of drug-likeness (QED) is 0.0891. The van der Waals surface area contributed by atoms with Gasteiger partial charge in [0.2, 0.25) is 24.0 Å². The molecule has 2 rings (SSSR count). The van der Waals surface area contributed by atoms with Crippen LogP contribution in [0.3, 0.4) is 0 Å². The topological polar surface area (TPSA) is 256 Å². The molecule has 0 spiro atoms. The second-order valence-electron chi connectivity index (χ2n) is 11.0. The Bertz CT molecular complexity index is 1070.